The van der Waals surface area contributed by atoms with Crippen LogP contribution in [0, 0.1) is 0 Å². The summed E-state index contributed by atoms with van der Waals surface area (Å²) in [6.45, 7) is 7.17. The lowest BCUT2D eigenvalue weighted by Crippen LogP contribution is -2.30. The van der Waals surface area contributed by atoms with E-state index in [0.717, 1.165) is 18.2 Å². The van der Waals surface area contributed by atoms with Crippen LogP contribution >= 0.6 is 0 Å². The van der Waals surface area contributed by atoms with Crippen LogP contribution in [0.2, 0.25) is 0 Å². The Kier molecular flexibility index (Phi) is 4.64. The monoisotopic (exact) mass is 206 g/mol. The van der Waals surface area contributed by atoms with Gasteiger partial charge in [-0.3, -0.25) is 0 Å². The average Bonchev–Trinajstić information content (AvgIpc) is 2.01. The predicted molar refractivity (Wildman–Crippen MR) is 54.4 cm³/mol. The number of hydrogen-bond donors (Lipinski definition) is 1. The number of sulfone groups is 1. The van der Waals surface area contributed by atoms with Gasteiger partial charge in [-0.15, -0.1) is 0 Å². The van der Waals surface area contributed by atoms with Crippen LogP contribution in [-0.2, 0) is 9.84 Å². The number of aliphatic hydroxyl groups is 1. The van der Waals surface area contributed by atoms with Gasteiger partial charge in [-0.25, -0.2) is 8.42 Å². The zero-order chi connectivity index (χ0) is 10.6. The van der Waals surface area contributed by atoms with Gasteiger partial charge < -0.3 is 5.11 Å². The summed E-state index contributed by atoms with van der Waals surface area (Å²) in [5, 5.41) is 8.80. The first kappa shape index (κ1) is 12.7. The highest BCUT2D eigenvalue weighted by Crippen LogP contribution is 2.14. The smallest absolute Gasteiger partial charge is 0.152 e. The molecule has 0 spiro atoms. The summed E-state index contributed by atoms with van der Waals surface area (Å²) in [6.07, 6.45) is 1.44. The van der Waals surface area contributed by atoms with Gasteiger partial charge in [0.25, 0.3) is 0 Å². The molecule has 0 aliphatic rings. The van der Waals surface area contributed by atoms with E-state index in [-0.39, 0.29) is 0 Å². The van der Waals surface area contributed by atoms with Gasteiger partial charge in [-0.1, -0.05) is 19.1 Å². The lowest BCUT2D eigenvalue weighted by atomic mass is 10.1. The van der Waals surface area contributed by atoms with Crippen molar-refractivity contribution < 1.29 is 13.5 Å². The van der Waals surface area contributed by atoms with E-state index in [1.165, 1.54) is 6.92 Å². The third-order valence-electron chi connectivity index (χ3n) is 2.22. The summed E-state index contributed by atoms with van der Waals surface area (Å²) in [5.41, 5.74) is 0.878. The molecule has 0 fully saturated rings. The Morgan fingerprint density at radius 3 is 2.31 bits per heavy atom. The predicted octanol–water partition coefficient (Wildman–Crippen LogP) is 1.14. The molecule has 0 saturated carbocycles. The van der Waals surface area contributed by atoms with Crippen molar-refractivity contribution in [1.82, 2.24) is 0 Å². The second-order valence-corrected chi connectivity index (χ2v) is 5.81. The fraction of sp³-hybridized carbons (Fsp3) is 0.778. The van der Waals surface area contributed by atoms with E-state index < -0.39 is 21.2 Å². The van der Waals surface area contributed by atoms with Crippen LogP contribution in [0.1, 0.15) is 26.7 Å². The highest BCUT2D eigenvalue weighted by molar-refractivity contribution is 7.91. The third-order valence-corrected chi connectivity index (χ3v) is 3.88. The molecule has 78 valence electrons. The minimum absolute atomic E-state index is 0.366. The van der Waals surface area contributed by atoms with Crippen LogP contribution in [0.3, 0.4) is 0 Å². The second-order valence-electron chi connectivity index (χ2n) is 3.41. The molecule has 0 saturated heterocycles. The number of rotatable bonds is 5. The van der Waals surface area contributed by atoms with Crippen molar-refractivity contribution in [3.8, 4) is 0 Å². The first-order valence-corrected chi connectivity index (χ1v) is 6.28. The lowest BCUT2D eigenvalue weighted by Gasteiger charge is -2.17. The number of aliphatic hydroxyl groups excluding tert-OH is 1. The molecule has 2 unspecified atom stereocenters. The Balaban J connectivity index is 4.28. The molecule has 0 aliphatic heterocycles. The SMILES string of the molecule is C=C(CC)CC(O)C(C)S(C)(=O)=O. The first-order chi connectivity index (χ1) is 5.79. The van der Waals surface area contributed by atoms with E-state index in [1.54, 1.807) is 0 Å². The zero-order valence-corrected chi connectivity index (χ0v) is 9.26. The van der Waals surface area contributed by atoms with Crippen molar-refractivity contribution in [3.63, 3.8) is 0 Å². The Morgan fingerprint density at radius 2 is 2.00 bits per heavy atom. The summed E-state index contributed by atoms with van der Waals surface area (Å²) >= 11 is 0. The van der Waals surface area contributed by atoms with E-state index in [0.29, 0.717) is 6.42 Å². The highest BCUT2D eigenvalue weighted by atomic mass is 32.2. The van der Waals surface area contributed by atoms with Gasteiger partial charge in [0, 0.05) is 6.26 Å². The van der Waals surface area contributed by atoms with Crippen LogP contribution in [0.25, 0.3) is 0 Å². The first-order valence-electron chi connectivity index (χ1n) is 4.32. The van der Waals surface area contributed by atoms with Crippen molar-refractivity contribution in [1.29, 1.82) is 0 Å². The Morgan fingerprint density at radius 1 is 1.54 bits per heavy atom. The van der Waals surface area contributed by atoms with Crippen LogP contribution in [0.4, 0.5) is 0 Å². The minimum Gasteiger partial charge on any atom is -0.391 e. The minimum atomic E-state index is -3.15. The molecular weight excluding hydrogens is 188 g/mol. The van der Waals surface area contributed by atoms with Gasteiger partial charge in [0.05, 0.1) is 11.4 Å². The zero-order valence-electron chi connectivity index (χ0n) is 8.45. The second kappa shape index (κ2) is 4.77. The quantitative estimate of drug-likeness (QED) is 0.686. The van der Waals surface area contributed by atoms with E-state index >= 15 is 0 Å². The molecular formula is C9H18O3S. The van der Waals surface area contributed by atoms with E-state index in [2.05, 4.69) is 6.58 Å². The van der Waals surface area contributed by atoms with Crippen LogP contribution in [0.5, 0.6) is 0 Å². The standard InChI is InChI=1S/C9H18O3S/c1-5-7(2)6-9(10)8(3)13(4,11)12/h8-10H,2,5-6H2,1,3-4H3. The van der Waals surface area contributed by atoms with Crippen molar-refractivity contribution in [2.45, 2.75) is 38.0 Å². The molecule has 0 bridgehead atoms. The molecule has 3 nitrogen and oxygen atoms in total. The topological polar surface area (TPSA) is 54.4 Å². The molecule has 0 aliphatic carbocycles. The summed E-state index contributed by atoms with van der Waals surface area (Å²) in [5.74, 6) is 0. The average molecular weight is 206 g/mol. The summed E-state index contributed by atoms with van der Waals surface area (Å²) < 4.78 is 22.1. The normalized spacial score (nSPS) is 16.6. The summed E-state index contributed by atoms with van der Waals surface area (Å²) in [6, 6.07) is 0. The fourth-order valence-electron chi connectivity index (χ4n) is 0.891. The molecule has 0 aromatic carbocycles. The van der Waals surface area contributed by atoms with E-state index in [4.69, 9.17) is 0 Å². The Labute approximate surface area is 80.4 Å². The maximum absolute atomic E-state index is 11.1. The van der Waals surface area contributed by atoms with Crippen LogP contribution < -0.4 is 0 Å². The maximum Gasteiger partial charge on any atom is 0.152 e. The van der Waals surface area contributed by atoms with Gasteiger partial charge in [-0.05, 0) is 19.8 Å². The molecule has 4 heteroatoms. The maximum atomic E-state index is 11.1. The van der Waals surface area contributed by atoms with Gasteiger partial charge in [0.15, 0.2) is 9.84 Å². The van der Waals surface area contributed by atoms with Gasteiger partial charge in [0.2, 0.25) is 0 Å². The summed E-state index contributed by atoms with van der Waals surface area (Å²) in [7, 11) is -3.15. The molecule has 0 rings (SSSR count). The molecule has 13 heavy (non-hydrogen) atoms. The number of hydrogen-bond acceptors (Lipinski definition) is 3. The van der Waals surface area contributed by atoms with E-state index in [9.17, 15) is 13.5 Å². The lowest BCUT2D eigenvalue weighted by molar-refractivity contribution is 0.172. The summed E-state index contributed by atoms with van der Waals surface area (Å²) in [4.78, 5) is 0. The molecule has 0 heterocycles. The fourth-order valence-corrected chi connectivity index (χ4v) is 1.56. The van der Waals surface area contributed by atoms with E-state index in [1.807, 2.05) is 6.92 Å². The third kappa shape index (κ3) is 4.43. The Bertz CT molecular complexity index is 267. The molecule has 2 atom stereocenters. The van der Waals surface area contributed by atoms with Gasteiger partial charge in [0.1, 0.15) is 0 Å². The van der Waals surface area contributed by atoms with Gasteiger partial charge in [-0.2, -0.15) is 0 Å². The Hall–Kier alpha value is -0.350. The highest BCUT2D eigenvalue weighted by Gasteiger charge is 2.23. The van der Waals surface area contributed by atoms with Crippen LogP contribution in [0.15, 0.2) is 12.2 Å². The van der Waals surface area contributed by atoms with Crippen molar-refractivity contribution in [3.05, 3.63) is 12.2 Å². The molecule has 0 aromatic heterocycles. The van der Waals surface area contributed by atoms with Crippen molar-refractivity contribution in [2.24, 2.45) is 0 Å². The molecule has 0 amide bonds. The molecule has 1 N–H and O–H groups in total. The van der Waals surface area contributed by atoms with Gasteiger partial charge >= 0.3 is 0 Å². The largest absolute Gasteiger partial charge is 0.391 e. The van der Waals surface area contributed by atoms with Crippen LogP contribution in [-0.4, -0.2) is 31.1 Å². The molecule has 0 radical (unpaired) electrons. The van der Waals surface area contributed by atoms with Crippen molar-refractivity contribution >= 4 is 9.84 Å². The molecule has 0 aromatic rings. The van der Waals surface area contributed by atoms with Crippen molar-refractivity contribution in [2.75, 3.05) is 6.26 Å².